The van der Waals surface area contributed by atoms with Gasteiger partial charge in [-0.25, -0.2) is 9.37 Å². The van der Waals surface area contributed by atoms with Gasteiger partial charge >= 0.3 is 0 Å². The highest BCUT2D eigenvalue weighted by molar-refractivity contribution is 7.18. The van der Waals surface area contributed by atoms with Crippen molar-refractivity contribution in [3.63, 3.8) is 0 Å². The molecule has 0 amide bonds. The van der Waals surface area contributed by atoms with Gasteiger partial charge in [-0.05, 0) is 37.1 Å². The first-order valence-corrected chi connectivity index (χ1v) is 7.53. The normalized spacial score (nSPS) is 13.9. The van der Waals surface area contributed by atoms with Crippen molar-refractivity contribution < 1.29 is 4.39 Å². The highest BCUT2D eigenvalue weighted by atomic mass is 32.1. The van der Waals surface area contributed by atoms with Gasteiger partial charge in [0.05, 0.1) is 5.39 Å². The Morgan fingerprint density at radius 3 is 3.00 bits per heavy atom. The van der Waals surface area contributed by atoms with Crippen LogP contribution in [-0.4, -0.2) is 16.5 Å². The molecule has 6 heteroatoms. The summed E-state index contributed by atoms with van der Waals surface area (Å²) in [5.74, 6) is 0.788. The standard InChI is InChI=1S/C15H13FN4S/c1-8-6-11-13(18-15(17)19-14(11)21-8)20-5-4-9-2-3-10(16)7-12(9)20/h2-3,6-7H,4-5H2,1H3,(H2,17,18,19). The lowest BCUT2D eigenvalue weighted by atomic mass is 10.2. The topological polar surface area (TPSA) is 55.0 Å². The predicted octanol–water partition coefficient (Wildman–Crippen LogP) is 3.42. The lowest BCUT2D eigenvalue weighted by Gasteiger charge is -2.19. The Hall–Kier alpha value is -2.21. The second-order valence-electron chi connectivity index (χ2n) is 5.16. The van der Waals surface area contributed by atoms with Gasteiger partial charge in [-0.1, -0.05) is 6.07 Å². The van der Waals surface area contributed by atoms with E-state index in [1.165, 1.54) is 6.07 Å². The number of anilines is 3. The van der Waals surface area contributed by atoms with Crippen LogP contribution in [0.5, 0.6) is 0 Å². The Balaban J connectivity index is 1.94. The van der Waals surface area contributed by atoms with Gasteiger partial charge in [0.15, 0.2) is 0 Å². The van der Waals surface area contributed by atoms with Crippen molar-refractivity contribution in [2.45, 2.75) is 13.3 Å². The molecular formula is C15H13FN4S. The fourth-order valence-corrected chi connectivity index (χ4v) is 3.70. The van der Waals surface area contributed by atoms with Gasteiger partial charge in [-0.15, -0.1) is 11.3 Å². The zero-order chi connectivity index (χ0) is 14.6. The molecule has 106 valence electrons. The van der Waals surface area contributed by atoms with Crippen molar-refractivity contribution >= 4 is 39.0 Å². The van der Waals surface area contributed by atoms with E-state index in [0.29, 0.717) is 0 Å². The lowest BCUT2D eigenvalue weighted by Crippen LogP contribution is -2.16. The van der Waals surface area contributed by atoms with Crippen molar-refractivity contribution in [3.8, 4) is 0 Å². The smallest absolute Gasteiger partial charge is 0.223 e. The lowest BCUT2D eigenvalue weighted by molar-refractivity contribution is 0.628. The number of aromatic nitrogens is 2. The van der Waals surface area contributed by atoms with E-state index in [1.807, 2.05) is 17.9 Å². The molecule has 0 fully saturated rings. The molecular weight excluding hydrogens is 287 g/mol. The maximum atomic E-state index is 13.6. The number of halogens is 1. The minimum absolute atomic E-state index is 0.236. The molecule has 0 atom stereocenters. The van der Waals surface area contributed by atoms with Gasteiger partial charge < -0.3 is 10.6 Å². The quantitative estimate of drug-likeness (QED) is 0.748. The molecule has 0 saturated carbocycles. The molecule has 1 aliphatic heterocycles. The van der Waals surface area contributed by atoms with Crippen LogP contribution < -0.4 is 10.6 Å². The third-order valence-electron chi connectivity index (χ3n) is 3.71. The van der Waals surface area contributed by atoms with Gasteiger partial charge in [-0.3, -0.25) is 0 Å². The first-order chi connectivity index (χ1) is 10.1. The maximum absolute atomic E-state index is 13.6. The number of hydrogen-bond acceptors (Lipinski definition) is 5. The van der Waals surface area contributed by atoms with E-state index in [0.717, 1.165) is 45.1 Å². The van der Waals surface area contributed by atoms with E-state index < -0.39 is 0 Å². The van der Waals surface area contributed by atoms with Crippen LogP contribution in [0.3, 0.4) is 0 Å². The van der Waals surface area contributed by atoms with E-state index in [2.05, 4.69) is 16.0 Å². The van der Waals surface area contributed by atoms with Crippen LogP contribution in [0.4, 0.5) is 21.8 Å². The average molecular weight is 300 g/mol. The predicted molar refractivity (Wildman–Crippen MR) is 83.7 cm³/mol. The molecule has 1 aromatic carbocycles. The largest absolute Gasteiger partial charge is 0.368 e. The first kappa shape index (κ1) is 12.5. The number of aryl methyl sites for hydroxylation is 1. The number of hydrogen-bond donors (Lipinski definition) is 1. The van der Waals surface area contributed by atoms with Crippen molar-refractivity contribution in [2.24, 2.45) is 0 Å². The molecule has 2 N–H and O–H groups in total. The maximum Gasteiger partial charge on any atom is 0.223 e. The number of nitrogens with two attached hydrogens (primary N) is 1. The van der Waals surface area contributed by atoms with E-state index >= 15 is 0 Å². The third-order valence-corrected chi connectivity index (χ3v) is 4.66. The number of nitrogen functional groups attached to an aromatic ring is 1. The van der Waals surface area contributed by atoms with E-state index in [-0.39, 0.29) is 11.8 Å². The van der Waals surface area contributed by atoms with Gasteiger partial charge in [0.25, 0.3) is 0 Å². The number of benzene rings is 1. The second-order valence-corrected chi connectivity index (χ2v) is 6.39. The Kier molecular flexibility index (Phi) is 2.62. The van der Waals surface area contributed by atoms with Crippen LogP contribution in [0.25, 0.3) is 10.2 Å². The Labute approximate surface area is 125 Å². The number of fused-ring (bicyclic) bond motifs is 2. The van der Waals surface area contributed by atoms with Crippen molar-refractivity contribution in [1.29, 1.82) is 0 Å². The molecule has 0 saturated heterocycles. The summed E-state index contributed by atoms with van der Waals surface area (Å²) in [5.41, 5.74) is 7.84. The Bertz CT molecular complexity index is 858. The summed E-state index contributed by atoms with van der Waals surface area (Å²) in [7, 11) is 0. The summed E-state index contributed by atoms with van der Waals surface area (Å²) in [6, 6.07) is 6.96. The second kappa shape index (κ2) is 4.39. The molecule has 21 heavy (non-hydrogen) atoms. The fourth-order valence-electron chi connectivity index (χ4n) is 2.82. The molecule has 0 spiro atoms. The zero-order valence-corrected chi connectivity index (χ0v) is 12.2. The van der Waals surface area contributed by atoms with Crippen LogP contribution in [0.2, 0.25) is 0 Å². The number of thiophene rings is 1. The molecule has 1 aliphatic rings. The first-order valence-electron chi connectivity index (χ1n) is 6.71. The molecule has 3 heterocycles. The summed E-state index contributed by atoms with van der Waals surface area (Å²) < 4.78 is 13.6. The zero-order valence-electron chi connectivity index (χ0n) is 11.4. The highest BCUT2D eigenvalue weighted by Crippen LogP contribution is 2.39. The highest BCUT2D eigenvalue weighted by Gasteiger charge is 2.24. The Morgan fingerprint density at radius 1 is 1.29 bits per heavy atom. The van der Waals surface area contributed by atoms with Gasteiger partial charge in [-0.2, -0.15) is 4.98 Å². The molecule has 3 aromatic rings. The molecule has 0 radical (unpaired) electrons. The average Bonchev–Trinajstić information content (AvgIpc) is 3.00. The number of nitrogens with zero attached hydrogens (tertiary/aromatic N) is 3. The molecule has 0 aliphatic carbocycles. The number of rotatable bonds is 1. The van der Waals surface area contributed by atoms with Gasteiger partial charge in [0.2, 0.25) is 5.95 Å². The summed E-state index contributed by atoms with van der Waals surface area (Å²) in [6.07, 6.45) is 0.879. The molecule has 2 aromatic heterocycles. The summed E-state index contributed by atoms with van der Waals surface area (Å²) in [5, 5.41) is 0.976. The van der Waals surface area contributed by atoms with E-state index in [4.69, 9.17) is 5.73 Å². The van der Waals surface area contributed by atoms with Gasteiger partial charge in [0, 0.05) is 17.1 Å². The molecule has 0 bridgehead atoms. The summed E-state index contributed by atoms with van der Waals surface area (Å²) in [4.78, 5) is 12.8. The Morgan fingerprint density at radius 2 is 2.14 bits per heavy atom. The minimum Gasteiger partial charge on any atom is -0.368 e. The van der Waals surface area contributed by atoms with Crippen LogP contribution in [0.15, 0.2) is 24.3 Å². The summed E-state index contributed by atoms with van der Waals surface area (Å²) in [6.45, 7) is 2.81. The van der Waals surface area contributed by atoms with Crippen molar-refractivity contribution in [1.82, 2.24) is 9.97 Å². The van der Waals surface area contributed by atoms with E-state index in [9.17, 15) is 4.39 Å². The monoisotopic (exact) mass is 300 g/mol. The van der Waals surface area contributed by atoms with Crippen LogP contribution in [0, 0.1) is 12.7 Å². The van der Waals surface area contributed by atoms with Crippen LogP contribution in [-0.2, 0) is 6.42 Å². The third kappa shape index (κ3) is 1.94. The minimum atomic E-state index is -0.236. The summed E-state index contributed by atoms with van der Waals surface area (Å²) >= 11 is 1.59. The van der Waals surface area contributed by atoms with Crippen LogP contribution in [0.1, 0.15) is 10.4 Å². The molecule has 4 nitrogen and oxygen atoms in total. The SMILES string of the molecule is Cc1cc2c(N3CCc4ccc(F)cc43)nc(N)nc2s1. The molecule has 4 rings (SSSR count). The fraction of sp³-hybridized carbons (Fsp3) is 0.200. The van der Waals surface area contributed by atoms with Crippen LogP contribution >= 0.6 is 11.3 Å². The van der Waals surface area contributed by atoms with Gasteiger partial charge in [0.1, 0.15) is 16.5 Å². The van der Waals surface area contributed by atoms with Crippen molar-refractivity contribution in [2.75, 3.05) is 17.2 Å². The van der Waals surface area contributed by atoms with Crippen molar-refractivity contribution in [3.05, 3.63) is 40.5 Å². The molecule has 0 unspecified atom stereocenters. The van der Waals surface area contributed by atoms with E-state index in [1.54, 1.807) is 17.4 Å².